The predicted molar refractivity (Wildman–Crippen MR) is 76.9 cm³/mol. The fraction of sp³-hybridized carbons (Fsp3) is 0.667. The molecule has 1 fully saturated rings. The maximum absolute atomic E-state index is 4.32. The van der Waals surface area contributed by atoms with Crippen LogP contribution in [0.3, 0.4) is 0 Å². The molecule has 0 bridgehead atoms. The summed E-state index contributed by atoms with van der Waals surface area (Å²) in [5, 5.41) is 3.50. The minimum atomic E-state index is 0.520. The van der Waals surface area contributed by atoms with E-state index >= 15 is 0 Å². The van der Waals surface area contributed by atoms with Crippen molar-refractivity contribution in [1.82, 2.24) is 10.3 Å². The maximum atomic E-state index is 4.32. The molecule has 1 heterocycles. The highest BCUT2D eigenvalue weighted by Crippen LogP contribution is 2.33. The molecule has 0 atom stereocenters. The van der Waals surface area contributed by atoms with E-state index in [4.69, 9.17) is 0 Å². The molecule has 0 saturated heterocycles. The van der Waals surface area contributed by atoms with Crippen molar-refractivity contribution in [2.75, 3.05) is 11.4 Å². The van der Waals surface area contributed by atoms with E-state index in [1.807, 2.05) is 12.4 Å². The molecule has 0 spiro atoms. The van der Waals surface area contributed by atoms with Crippen LogP contribution >= 0.6 is 0 Å². The SMILES string of the molecule is CCCN(c1cnccc1CNC(C)C)C1CC1. The van der Waals surface area contributed by atoms with Gasteiger partial charge in [-0.05, 0) is 30.9 Å². The number of nitrogens with zero attached hydrogens (tertiary/aromatic N) is 2. The fourth-order valence-electron chi connectivity index (χ4n) is 2.26. The molecule has 1 aromatic rings. The van der Waals surface area contributed by atoms with Crippen LogP contribution < -0.4 is 10.2 Å². The molecule has 1 saturated carbocycles. The van der Waals surface area contributed by atoms with E-state index in [0.717, 1.165) is 19.1 Å². The summed E-state index contributed by atoms with van der Waals surface area (Å²) in [6.45, 7) is 8.70. The summed E-state index contributed by atoms with van der Waals surface area (Å²) in [7, 11) is 0. The summed E-state index contributed by atoms with van der Waals surface area (Å²) < 4.78 is 0. The van der Waals surface area contributed by atoms with Gasteiger partial charge in [0, 0.05) is 31.4 Å². The normalized spacial score (nSPS) is 15.1. The summed E-state index contributed by atoms with van der Waals surface area (Å²) >= 11 is 0. The lowest BCUT2D eigenvalue weighted by molar-refractivity contribution is 0.587. The van der Waals surface area contributed by atoms with Crippen molar-refractivity contribution in [2.24, 2.45) is 0 Å². The van der Waals surface area contributed by atoms with E-state index in [1.54, 1.807) is 0 Å². The van der Waals surface area contributed by atoms with Gasteiger partial charge < -0.3 is 10.2 Å². The Morgan fingerprint density at radius 1 is 1.44 bits per heavy atom. The van der Waals surface area contributed by atoms with Crippen LogP contribution in [0.2, 0.25) is 0 Å². The standard InChI is InChI=1S/C15H25N3/c1-4-9-18(14-5-6-14)15-11-16-8-7-13(15)10-17-12(2)3/h7-8,11-12,14,17H,4-6,9-10H2,1-3H3. The Balaban J connectivity index is 2.13. The molecule has 1 aliphatic carbocycles. The number of hydrogen-bond donors (Lipinski definition) is 1. The van der Waals surface area contributed by atoms with E-state index in [1.165, 1.54) is 30.5 Å². The number of pyridine rings is 1. The van der Waals surface area contributed by atoms with E-state index in [2.05, 4.69) is 42.0 Å². The van der Waals surface area contributed by atoms with Crippen LogP contribution in [0.5, 0.6) is 0 Å². The van der Waals surface area contributed by atoms with Crippen LogP contribution in [0, 0.1) is 0 Å². The number of rotatable bonds is 7. The first kappa shape index (κ1) is 13.3. The summed E-state index contributed by atoms with van der Waals surface area (Å²) in [6.07, 6.45) is 7.81. The zero-order chi connectivity index (χ0) is 13.0. The Kier molecular flexibility index (Phi) is 4.59. The van der Waals surface area contributed by atoms with Crippen molar-refractivity contribution in [3.63, 3.8) is 0 Å². The lowest BCUT2D eigenvalue weighted by Gasteiger charge is -2.26. The van der Waals surface area contributed by atoms with Gasteiger partial charge in [0.25, 0.3) is 0 Å². The number of aromatic nitrogens is 1. The molecule has 0 aliphatic heterocycles. The molecule has 0 amide bonds. The minimum absolute atomic E-state index is 0.520. The Morgan fingerprint density at radius 3 is 2.83 bits per heavy atom. The largest absolute Gasteiger partial charge is 0.367 e. The average molecular weight is 247 g/mol. The summed E-state index contributed by atoms with van der Waals surface area (Å²) in [4.78, 5) is 6.86. The highest BCUT2D eigenvalue weighted by Gasteiger charge is 2.29. The first-order valence-corrected chi connectivity index (χ1v) is 7.15. The highest BCUT2D eigenvalue weighted by molar-refractivity contribution is 5.53. The Bertz CT molecular complexity index is 372. The number of nitrogens with one attached hydrogen (secondary N) is 1. The van der Waals surface area contributed by atoms with Gasteiger partial charge in [-0.2, -0.15) is 0 Å². The van der Waals surface area contributed by atoms with Gasteiger partial charge in [-0.25, -0.2) is 0 Å². The second kappa shape index (κ2) is 6.19. The van der Waals surface area contributed by atoms with Gasteiger partial charge in [0.1, 0.15) is 0 Å². The third kappa shape index (κ3) is 3.45. The fourth-order valence-corrected chi connectivity index (χ4v) is 2.26. The molecule has 0 unspecified atom stereocenters. The van der Waals surface area contributed by atoms with Crippen molar-refractivity contribution >= 4 is 5.69 Å². The van der Waals surface area contributed by atoms with Crippen molar-refractivity contribution in [2.45, 2.75) is 58.7 Å². The zero-order valence-corrected chi connectivity index (χ0v) is 11.8. The van der Waals surface area contributed by atoms with Gasteiger partial charge in [-0.3, -0.25) is 4.98 Å². The molecule has 1 aromatic heterocycles. The Hall–Kier alpha value is -1.09. The van der Waals surface area contributed by atoms with Gasteiger partial charge in [0.2, 0.25) is 0 Å². The second-order valence-electron chi connectivity index (χ2n) is 5.46. The first-order chi connectivity index (χ1) is 8.72. The molecule has 2 rings (SSSR count). The van der Waals surface area contributed by atoms with Gasteiger partial charge in [-0.15, -0.1) is 0 Å². The highest BCUT2D eigenvalue weighted by atomic mass is 15.2. The van der Waals surface area contributed by atoms with Gasteiger partial charge >= 0.3 is 0 Å². The summed E-state index contributed by atoms with van der Waals surface area (Å²) in [5.74, 6) is 0. The molecule has 0 radical (unpaired) electrons. The van der Waals surface area contributed by atoms with Crippen molar-refractivity contribution in [3.8, 4) is 0 Å². The van der Waals surface area contributed by atoms with Crippen LogP contribution in [0.15, 0.2) is 18.5 Å². The molecular weight excluding hydrogens is 222 g/mol. The molecular formula is C15H25N3. The third-order valence-corrected chi connectivity index (χ3v) is 3.35. The van der Waals surface area contributed by atoms with Crippen LogP contribution in [0.1, 0.15) is 45.6 Å². The molecule has 18 heavy (non-hydrogen) atoms. The van der Waals surface area contributed by atoms with Crippen LogP contribution in [0.25, 0.3) is 0 Å². The van der Waals surface area contributed by atoms with Crippen LogP contribution in [-0.2, 0) is 6.54 Å². The van der Waals surface area contributed by atoms with Crippen LogP contribution in [0.4, 0.5) is 5.69 Å². The van der Waals surface area contributed by atoms with E-state index in [-0.39, 0.29) is 0 Å². The molecule has 3 nitrogen and oxygen atoms in total. The summed E-state index contributed by atoms with van der Waals surface area (Å²) in [6, 6.07) is 3.42. The monoisotopic (exact) mass is 247 g/mol. The van der Waals surface area contributed by atoms with Crippen molar-refractivity contribution in [3.05, 3.63) is 24.0 Å². The number of anilines is 1. The molecule has 100 valence electrons. The van der Waals surface area contributed by atoms with E-state index in [0.29, 0.717) is 6.04 Å². The number of hydrogen-bond acceptors (Lipinski definition) is 3. The van der Waals surface area contributed by atoms with E-state index in [9.17, 15) is 0 Å². The first-order valence-electron chi connectivity index (χ1n) is 7.15. The molecule has 1 N–H and O–H groups in total. The minimum Gasteiger partial charge on any atom is -0.367 e. The van der Waals surface area contributed by atoms with Gasteiger partial charge in [-0.1, -0.05) is 20.8 Å². The van der Waals surface area contributed by atoms with Crippen LogP contribution in [-0.4, -0.2) is 23.6 Å². The third-order valence-electron chi connectivity index (χ3n) is 3.35. The smallest absolute Gasteiger partial charge is 0.0600 e. The Morgan fingerprint density at radius 2 is 2.22 bits per heavy atom. The van der Waals surface area contributed by atoms with Gasteiger partial charge in [0.05, 0.1) is 11.9 Å². The van der Waals surface area contributed by atoms with Crippen molar-refractivity contribution < 1.29 is 0 Å². The topological polar surface area (TPSA) is 28.2 Å². The maximum Gasteiger partial charge on any atom is 0.0600 e. The lowest BCUT2D eigenvalue weighted by atomic mass is 10.2. The molecule has 3 heteroatoms. The van der Waals surface area contributed by atoms with E-state index < -0.39 is 0 Å². The predicted octanol–water partition coefficient (Wildman–Crippen LogP) is 2.96. The summed E-state index contributed by atoms with van der Waals surface area (Å²) in [5.41, 5.74) is 2.70. The van der Waals surface area contributed by atoms with Crippen molar-refractivity contribution in [1.29, 1.82) is 0 Å². The zero-order valence-electron chi connectivity index (χ0n) is 11.8. The second-order valence-corrected chi connectivity index (χ2v) is 5.46. The Labute approximate surface area is 111 Å². The van der Waals surface area contributed by atoms with Gasteiger partial charge in [0.15, 0.2) is 0 Å². The molecule has 0 aromatic carbocycles. The average Bonchev–Trinajstić information content (AvgIpc) is 3.18. The molecule has 1 aliphatic rings. The quantitative estimate of drug-likeness (QED) is 0.803. The lowest BCUT2D eigenvalue weighted by Crippen LogP contribution is -2.29.